The normalized spacial score (nSPS) is 24.7. The van der Waals surface area contributed by atoms with Crippen LogP contribution in [0.25, 0.3) is 0 Å². The number of aliphatic hydroxyl groups is 1. The number of amides is 1. The maximum atomic E-state index is 13.1. The van der Waals surface area contributed by atoms with Crippen molar-refractivity contribution in [3.05, 3.63) is 65.7 Å². The van der Waals surface area contributed by atoms with Crippen LogP contribution in [0.5, 0.6) is 5.75 Å². The summed E-state index contributed by atoms with van der Waals surface area (Å²) in [6.07, 6.45) is 5.52. The molecule has 3 heterocycles. The lowest BCUT2D eigenvalue weighted by molar-refractivity contribution is -0.131. The highest BCUT2D eigenvalue weighted by molar-refractivity contribution is 5.78. The quantitative estimate of drug-likeness (QED) is 0.793. The van der Waals surface area contributed by atoms with Gasteiger partial charge in [-0.25, -0.2) is 0 Å². The smallest absolute Gasteiger partial charge is 0.227 e. The first-order chi connectivity index (χ1) is 15.7. The molecule has 3 aliphatic rings. The molecule has 2 bridgehead atoms. The lowest BCUT2D eigenvalue weighted by atomic mass is 9.75. The van der Waals surface area contributed by atoms with Gasteiger partial charge < -0.3 is 14.7 Å². The molecule has 1 N–H and O–H groups in total. The molecule has 0 radical (unpaired) electrons. The summed E-state index contributed by atoms with van der Waals surface area (Å²) in [6, 6.07) is 18.2. The average Bonchev–Trinajstić information content (AvgIpc) is 2.84. The zero-order valence-corrected chi connectivity index (χ0v) is 19.0. The van der Waals surface area contributed by atoms with Crippen LogP contribution in [0, 0.1) is 5.41 Å². The van der Waals surface area contributed by atoms with Crippen molar-refractivity contribution in [3.63, 3.8) is 0 Å². The van der Waals surface area contributed by atoms with Crippen LogP contribution < -0.4 is 4.74 Å². The Balaban J connectivity index is 1.48. The Morgan fingerprint density at radius 3 is 2.44 bits per heavy atom. The molecule has 0 atom stereocenters. The van der Waals surface area contributed by atoms with E-state index in [2.05, 4.69) is 17.0 Å². The van der Waals surface area contributed by atoms with Gasteiger partial charge in [0.15, 0.2) is 0 Å². The van der Waals surface area contributed by atoms with Crippen molar-refractivity contribution in [2.45, 2.75) is 45.1 Å². The molecule has 0 aromatic heterocycles. The number of hydrogen-bond donors (Lipinski definition) is 1. The van der Waals surface area contributed by atoms with Crippen molar-refractivity contribution in [1.82, 2.24) is 9.80 Å². The van der Waals surface area contributed by atoms with E-state index in [1.165, 1.54) is 5.56 Å². The molecule has 0 spiro atoms. The molecule has 2 aromatic carbocycles. The highest BCUT2D eigenvalue weighted by Gasteiger charge is 2.33. The molecule has 5 nitrogen and oxygen atoms in total. The molecular formula is C27H36N2O3. The number of nitrogens with zero attached hydrogens (tertiary/aromatic N) is 2. The topological polar surface area (TPSA) is 53.0 Å². The summed E-state index contributed by atoms with van der Waals surface area (Å²) >= 11 is 0. The van der Waals surface area contributed by atoms with E-state index in [0.717, 1.165) is 69.6 Å². The monoisotopic (exact) mass is 436 g/mol. The van der Waals surface area contributed by atoms with Gasteiger partial charge in [-0.3, -0.25) is 9.69 Å². The van der Waals surface area contributed by atoms with Crippen LogP contribution >= 0.6 is 0 Å². The van der Waals surface area contributed by atoms with E-state index in [4.69, 9.17) is 4.74 Å². The molecule has 172 valence electrons. The first-order valence-corrected chi connectivity index (χ1v) is 12.0. The van der Waals surface area contributed by atoms with Crippen molar-refractivity contribution >= 4 is 5.91 Å². The molecule has 32 heavy (non-hydrogen) atoms. The molecule has 0 saturated carbocycles. The lowest BCUT2D eigenvalue weighted by Gasteiger charge is -2.41. The van der Waals surface area contributed by atoms with E-state index >= 15 is 0 Å². The molecule has 2 aromatic rings. The summed E-state index contributed by atoms with van der Waals surface area (Å²) in [7, 11) is 0. The Labute approximate surface area is 192 Å². The van der Waals surface area contributed by atoms with E-state index in [1.807, 2.05) is 47.4 Å². The average molecular weight is 437 g/mol. The van der Waals surface area contributed by atoms with E-state index in [-0.39, 0.29) is 17.9 Å². The van der Waals surface area contributed by atoms with E-state index in [1.54, 1.807) is 0 Å². The van der Waals surface area contributed by atoms with Crippen LogP contribution in [0.1, 0.15) is 43.2 Å². The zero-order valence-electron chi connectivity index (χ0n) is 19.0. The number of hydrogen-bond acceptors (Lipinski definition) is 4. The molecule has 1 saturated heterocycles. The highest BCUT2D eigenvalue weighted by Crippen LogP contribution is 2.37. The maximum Gasteiger partial charge on any atom is 0.227 e. The number of carbonyl (C=O) groups excluding carboxylic acids is 1. The Hall–Kier alpha value is -2.37. The Morgan fingerprint density at radius 2 is 1.66 bits per heavy atom. The Kier molecular flexibility index (Phi) is 7.82. The minimum atomic E-state index is 0.0333. The summed E-state index contributed by atoms with van der Waals surface area (Å²) in [4.78, 5) is 17.5. The van der Waals surface area contributed by atoms with Gasteiger partial charge in [-0.1, -0.05) is 55.0 Å². The first kappa shape index (κ1) is 22.8. The van der Waals surface area contributed by atoms with Gasteiger partial charge >= 0.3 is 0 Å². The summed E-state index contributed by atoms with van der Waals surface area (Å²) in [5.41, 5.74) is 2.27. The second-order valence-electron chi connectivity index (χ2n) is 9.39. The minimum Gasteiger partial charge on any atom is -0.491 e. The molecule has 5 rings (SSSR count). The van der Waals surface area contributed by atoms with Crippen LogP contribution in [0.4, 0.5) is 0 Å². The van der Waals surface area contributed by atoms with Gasteiger partial charge in [-0.2, -0.15) is 0 Å². The molecule has 3 aliphatic heterocycles. The first-order valence-electron chi connectivity index (χ1n) is 12.0. The van der Waals surface area contributed by atoms with Crippen LogP contribution in [0.15, 0.2) is 54.6 Å². The van der Waals surface area contributed by atoms with E-state index in [9.17, 15) is 9.90 Å². The number of carbonyl (C=O) groups is 1. The largest absolute Gasteiger partial charge is 0.491 e. The van der Waals surface area contributed by atoms with Crippen LogP contribution in [0.2, 0.25) is 0 Å². The number of ether oxygens (including phenoxy) is 1. The van der Waals surface area contributed by atoms with Crippen molar-refractivity contribution in [2.75, 3.05) is 39.4 Å². The van der Waals surface area contributed by atoms with Gasteiger partial charge in [0.05, 0.1) is 13.0 Å². The fourth-order valence-corrected chi connectivity index (χ4v) is 5.00. The fourth-order valence-electron chi connectivity index (χ4n) is 5.00. The van der Waals surface area contributed by atoms with Gasteiger partial charge in [0, 0.05) is 25.3 Å². The van der Waals surface area contributed by atoms with Gasteiger partial charge in [0.25, 0.3) is 0 Å². The second-order valence-corrected chi connectivity index (χ2v) is 9.39. The van der Waals surface area contributed by atoms with Gasteiger partial charge in [0.1, 0.15) is 12.4 Å². The SMILES string of the molecule is O=C(Cc1ccccc1)N1CCCCC2(CO)CCN(CC2)Cc2ccccc2OCC1. The summed E-state index contributed by atoms with van der Waals surface area (Å²) < 4.78 is 6.18. The van der Waals surface area contributed by atoms with Crippen molar-refractivity contribution in [3.8, 4) is 5.75 Å². The van der Waals surface area contributed by atoms with Gasteiger partial charge in [-0.15, -0.1) is 0 Å². The third-order valence-corrected chi connectivity index (χ3v) is 7.17. The predicted octanol–water partition coefficient (Wildman–Crippen LogP) is 3.90. The fraction of sp³-hybridized carbons (Fsp3) is 0.519. The van der Waals surface area contributed by atoms with Crippen LogP contribution in [-0.4, -0.2) is 60.2 Å². The predicted molar refractivity (Wildman–Crippen MR) is 127 cm³/mol. The molecule has 1 fully saturated rings. The summed E-state index contributed by atoms with van der Waals surface area (Å²) in [5.74, 6) is 1.07. The molecule has 0 unspecified atom stereocenters. The van der Waals surface area contributed by atoms with Crippen molar-refractivity contribution in [1.29, 1.82) is 0 Å². The number of para-hydroxylation sites is 1. The lowest BCUT2D eigenvalue weighted by Crippen LogP contribution is -2.41. The maximum absolute atomic E-state index is 13.1. The van der Waals surface area contributed by atoms with Gasteiger partial charge in [-0.05, 0) is 55.8 Å². The molecule has 1 amide bonds. The molecular weight excluding hydrogens is 400 g/mol. The van der Waals surface area contributed by atoms with Gasteiger partial charge in [0.2, 0.25) is 5.91 Å². The zero-order chi connectivity index (χ0) is 22.2. The van der Waals surface area contributed by atoms with Crippen LogP contribution in [0.3, 0.4) is 0 Å². The Morgan fingerprint density at radius 1 is 0.906 bits per heavy atom. The number of fused-ring (bicyclic) bond motifs is 9. The number of benzene rings is 2. The van der Waals surface area contributed by atoms with E-state index < -0.39 is 0 Å². The number of aliphatic hydroxyl groups excluding tert-OH is 1. The van der Waals surface area contributed by atoms with Crippen molar-refractivity contribution < 1.29 is 14.6 Å². The summed E-state index contributed by atoms with van der Waals surface area (Å²) in [6.45, 7) is 4.98. The third kappa shape index (κ3) is 5.90. The number of piperidine rings is 1. The van der Waals surface area contributed by atoms with Crippen molar-refractivity contribution in [2.24, 2.45) is 5.41 Å². The Bertz CT molecular complexity index is 862. The number of rotatable bonds is 3. The standard InChI is InChI=1S/C27H36N2O3/c30-22-27-12-6-7-15-29(26(31)20-23-8-2-1-3-9-23)18-19-32-25-11-5-4-10-24(25)21-28(16-13-27)17-14-27/h1-5,8-11,30H,6-7,12-22H2. The minimum absolute atomic E-state index is 0.0333. The molecule has 5 heteroatoms. The van der Waals surface area contributed by atoms with Crippen LogP contribution in [-0.2, 0) is 17.8 Å². The highest BCUT2D eigenvalue weighted by atomic mass is 16.5. The molecule has 0 aliphatic carbocycles. The third-order valence-electron chi connectivity index (χ3n) is 7.17. The second kappa shape index (κ2) is 11.0. The van der Waals surface area contributed by atoms with E-state index in [0.29, 0.717) is 19.6 Å². The summed E-state index contributed by atoms with van der Waals surface area (Å²) in [5, 5.41) is 10.2.